The Balaban J connectivity index is 1.49. The van der Waals surface area contributed by atoms with E-state index in [1.54, 1.807) is 6.20 Å². The normalized spacial score (nSPS) is 13.9. The fourth-order valence-electron chi connectivity index (χ4n) is 2.43. The van der Waals surface area contributed by atoms with Crippen LogP contribution < -0.4 is 5.32 Å². The van der Waals surface area contributed by atoms with Gasteiger partial charge in [-0.15, -0.1) is 22.7 Å². The number of hydrogen-bond acceptors (Lipinski definition) is 5. The number of hydrogen-bond donors (Lipinski definition) is 1. The summed E-state index contributed by atoms with van der Waals surface area (Å²) in [6.07, 6.45) is 4.06. The zero-order chi connectivity index (χ0) is 16.7. The zero-order valence-corrected chi connectivity index (χ0v) is 15.1. The van der Waals surface area contributed by atoms with Gasteiger partial charge < -0.3 is 0 Å². The van der Waals surface area contributed by atoms with Crippen molar-refractivity contribution in [1.82, 2.24) is 9.97 Å². The minimum absolute atomic E-state index is 0.125. The first-order chi connectivity index (χ1) is 11.6. The summed E-state index contributed by atoms with van der Waals surface area (Å²) in [7, 11) is 0. The Kier molecular flexibility index (Phi) is 3.94. The van der Waals surface area contributed by atoms with Gasteiger partial charge in [-0.1, -0.05) is 12.1 Å². The molecular weight excluding hydrogens is 338 g/mol. The third kappa shape index (κ3) is 3.12. The van der Waals surface area contributed by atoms with Crippen LogP contribution in [0.4, 0.5) is 5.13 Å². The molecule has 1 aliphatic carbocycles. The molecule has 2 aromatic heterocycles. The standard InChI is InChI=1S/C18H17N3OS2/c1-10-3-4-13(7-11(10)2)14-9-23-18(20-14)21-16(22)15-8-19-17(24-15)12-5-6-12/h3-4,7-9,12H,5-6H2,1-2H3,(H,20,21,22). The number of aryl methyl sites for hydroxylation is 2. The second-order valence-corrected chi connectivity index (χ2v) is 8.05. The molecule has 1 amide bonds. The van der Waals surface area contributed by atoms with E-state index in [1.807, 2.05) is 5.38 Å². The number of carbonyl (C=O) groups is 1. The van der Waals surface area contributed by atoms with Crippen LogP contribution in [0.25, 0.3) is 11.3 Å². The third-order valence-corrected chi connectivity index (χ3v) is 6.12. The molecule has 0 unspecified atom stereocenters. The van der Waals surface area contributed by atoms with Gasteiger partial charge in [0.25, 0.3) is 5.91 Å². The van der Waals surface area contributed by atoms with Gasteiger partial charge in [0.1, 0.15) is 4.88 Å². The molecule has 24 heavy (non-hydrogen) atoms. The molecule has 4 nitrogen and oxygen atoms in total. The molecule has 2 heterocycles. The van der Waals surface area contributed by atoms with Gasteiger partial charge in [0.2, 0.25) is 0 Å². The second kappa shape index (κ2) is 6.11. The van der Waals surface area contributed by atoms with Crippen molar-refractivity contribution in [2.45, 2.75) is 32.6 Å². The molecule has 1 fully saturated rings. The van der Waals surface area contributed by atoms with Crippen LogP contribution in [-0.2, 0) is 0 Å². The van der Waals surface area contributed by atoms with Gasteiger partial charge in [-0.25, -0.2) is 9.97 Å². The van der Waals surface area contributed by atoms with E-state index in [4.69, 9.17) is 0 Å². The fourth-order valence-corrected chi connectivity index (χ4v) is 4.13. The van der Waals surface area contributed by atoms with E-state index < -0.39 is 0 Å². The van der Waals surface area contributed by atoms with Crippen LogP contribution in [0.1, 0.15) is 44.6 Å². The lowest BCUT2D eigenvalue weighted by Crippen LogP contribution is -2.09. The van der Waals surface area contributed by atoms with Crippen molar-refractivity contribution in [1.29, 1.82) is 0 Å². The Morgan fingerprint density at radius 3 is 2.83 bits per heavy atom. The summed E-state index contributed by atoms with van der Waals surface area (Å²) in [6.45, 7) is 4.19. The number of thiazole rings is 2. The Labute approximate surface area is 148 Å². The highest BCUT2D eigenvalue weighted by molar-refractivity contribution is 7.15. The number of benzene rings is 1. The van der Waals surface area contributed by atoms with Crippen molar-refractivity contribution in [3.05, 3.63) is 50.8 Å². The van der Waals surface area contributed by atoms with E-state index in [0.29, 0.717) is 15.9 Å². The summed E-state index contributed by atoms with van der Waals surface area (Å²) < 4.78 is 0. The van der Waals surface area contributed by atoms with Gasteiger partial charge >= 0.3 is 0 Å². The van der Waals surface area contributed by atoms with Crippen molar-refractivity contribution in [3.63, 3.8) is 0 Å². The van der Waals surface area contributed by atoms with E-state index in [9.17, 15) is 4.79 Å². The largest absolute Gasteiger partial charge is 0.297 e. The predicted octanol–water partition coefficient (Wildman–Crippen LogP) is 5.01. The van der Waals surface area contributed by atoms with Crippen LogP contribution in [0.15, 0.2) is 29.8 Å². The quantitative estimate of drug-likeness (QED) is 0.715. The molecule has 0 bridgehead atoms. The molecule has 3 aromatic rings. The minimum Gasteiger partial charge on any atom is -0.297 e. The van der Waals surface area contributed by atoms with Gasteiger partial charge in [-0.2, -0.15) is 0 Å². The molecule has 0 atom stereocenters. The van der Waals surface area contributed by atoms with Gasteiger partial charge in [-0.3, -0.25) is 10.1 Å². The lowest BCUT2D eigenvalue weighted by molar-refractivity contribution is 0.103. The molecular formula is C18H17N3OS2. The van der Waals surface area contributed by atoms with Crippen molar-refractivity contribution in [3.8, 4) is 11.3 Å². The summed E-state index contributed by atoms with van der Waals surface area (Å²) in [5.74, 6) is 0.452. The van der Waals surface area contributed by atoms with Crippen LogP contribution in [0.3, 0.4) is 0 Å². The molecule has 6 heteroatoms. The number of nitrogens with zero attached hydrogens (tertiary/aromatic N) is 2. The summed E-state index contributed by atoms with van der Waals surface area (Å²) in [6, 6.07) is 6.29. The van der Waals surface area contributed by atoms with Crippen LogP contribution in [0.5, 0.6) is 0 Å². The van der Waals surface area contributed by atoms with Gasteiger partial charge in [0.15, 0.2) is 5.13 Å². The van der Waals surface area contributed by atoms with Crippen LogP contribution in [0.2, 0.25) is 0 Å². The lowest BCUT2D eigenvalue weighted by atomic mass is 10.1. The molecule has 1 N–H and O–H groups in total. The van der Waals surface area contributed by atoms with Gasteiger partial charge in [-0.05, 0) is 43.9 Å². The van der Waals surface area contributed by atoms with Crippen molar-refractivity contribution in [2.75, 3.05) is 5.32 Å². The average molecular weight is 355 g/mol. The number of aromatic nitrogens is 2. The zero-order valence-electron chi connectivity index (χ0n) is 13.5. The molecule has 0 aliphatic heterocycles. The number of carbonyl (C=O) groups excluding carboxylic acids is 1. The first-order valence-electron chi connectivity index (χ1n) is 7.90. The van der Waals surface area contributed by atoms with E-state index in [-0.39, 0.29) is 5.91 Å². The van der Waals surface area contributed by atoms with Crippen molar-refractivity contribution >= 4 is 33.7 Å². The first kappa shape index (κ1) is 15.5. The molecule has 0 saturated heterocycles. The highest BCUT2D eigenvalue weighted by atomic mass is 32.1. The lowest BCUT2D eigenvalue weighted by Gasteiger charge is -2.02. The van der Waals surface area contributed by atoms with Gasteiger partial charge in [0, 0.05) is 16.9 Å². The molecule has 122 valence electrons. The fraction of sp³-hybridized carbons (Fsp3) is 0.278. The summed E-state index contributed by atoms with van der Waals surface area (Å²) >= 11 is 2.94. The van der Waals surface area contributed by atoms with E-state index in [0.717, 1.165) is 16.3 Å². The Bertz CT molecular complexity index is 909. The summed E-state index contributed by atoms with van der Waals surface area (Å²) in [5, 5.41) is 6.56. The maximum Gasteiger partial charge on any atom is 0.269 e. The number of anilines is 1. The van der Waals surface area contributed by atoms with Crippen LogP contribution in [0, 0.1) is 13.8 Å². The summed E-state index contributed by atoms with van der Waals surface area (Å²) in [4.78, 5) is 21.9. The van der Waals surface area contributed by atoms with Gasteiger partial charge in [0.05, 0.1) is 16.9 Å². The Morgan fingerprint density at radius 1 is 1.25 bits per heavy atom. The minimum atomic E-state index is -0.125. The Morgan fingerprint density at radius 2 is 2.08 bits per heavy atom. The molecule has 1 aromatic carbocycles. The maximum atomic E-state index is 12.3. The monoisotopic (exact) mass is 355 g/mol. The van der Waals surface area contributed by atoms with Crippen LogP contribution >= 0.6 is 22.7 Å². The van der Waals surface area contributed by atoms with E-state index in [1.165, 1.54) is 46.6 Å². The molecule has 1 saturated carbocycles. The van der Waals surface area contributed by atoms with Crippen molar-refractivity contribution in [2.24, 2.45) is 0 Å². The molecule has 4 rings (SSSR count). The Hall–Kier alpha value is -2.05. The topological polar surface area (TPSA) is 54.9 Å². The average Bonchev–Trinajstić information content (AvgIpc) is 3.11. The smallest absolute Gasteiger partial charge is 0.269 e. The number of amides is 1. The first-order valence-corrected chi connectivity index (χ1v) is 9.60. The molecule has 1 aliphatic rings. The summed E-state index contributed by atoms with van der Waals surface area (Å²) in [5.41, 5.74) is 4.47. The SMILES string of the molecule is Cc1ccc(-c2csc(NC(=O)c3cnc(C4CC4)s3)n2)cc1C. The van der Waals surface area contributed by atoms with Crippen molar-refractivity contribution < 1.29 is 4.79 Å². The number of rotatable bonds is 4. The maximum absolute atomic E-state index is 12.3. The van der Waals surface area contributed by atoms with E-state index >= 15 is 0 Å². The van der Waals surface area contributed by atoms with E-state index in [2.05, 4.69) is 47.3 Å². The number of nitrogens with one attached hydrogen (secondary N) is 1. The highest BCUT2D eigenvalue weighted by Gasteiger charge is 2.27. The molecule has 0 radical (unpaired) electrons. The van der Waals surface area contributed by atoms with Crippen LogP contribution in [-0.4, -0.2) is 15.9 Å². The molecule has 0 spiro atoms. The second-order valence-electron chi connectivity index (χ2n) is 6.13. The highest BCUT2D eigenvalue weighted by Crippen LogP contribution is 2.41. The third-order valence-electron chi connectivity index (χ3n) is 4.20. The predicted molar refractivity (Wildman–Crippen MR) is 99.1 cm³/mol.